The van der Waals surface area contributed by atoms with Crippen molar-refractivity contribution in [3.63, 3.8) is 0 Å². The van der Waals surface area contributed by atoms with Gasteiger partial charge < -0.3 is 10.6 Å². The van der Waals surface area contributed by atoms with Gasteiger partial charge >= 0.3 is 0 Å². The number of halogens is 1. The molecule has 29 heavy (non-hydrogen) atoms. The second-order valence-corrected chi connectivity index (χ2v) is 8.57. The highest BCUT2D eigenvalue weighted by Gasteiger charge is 2.28. The van der Waals surface area contributed by atoms with E-state index in [9.17, 15) is 14.0 Å². The summed E-state index contributed by atoms with van der Waals surface area (Å²) >= 11 is 5.31. The maximum atomic E-state index is 13.0. The molecule has 4 N–H and O–H groups in total. The first-order valence-corrected chi connectivity index (χ1v) is 10.5. The molecule has 6 nitrogen and oxygen atoms in total. The molecule has 2 rings (SSSR count). The van der Waals surface area contributed by atoms with Crippen molar-refractivity contribution in [1.29, 1.82) is 0 Å². The van der Waals surface area contributed by atoms with E-state index in [1.807, 2.05) is 13.8 Å². The van der Waals surface area contributed by atoms with Gasteiger partial charge in [-0.1, -0.05) is 40.5 Å². The summed E-state index contributed by atoms with van der Waals surface area (Å²) < 4.78 is 13.0. The highest BCUT2D eigenvalue weighted by molar-refractivity contribution is 7.80. The zero-order valence-corrected chi connectivity index (χ0v) is 18.2. The minimum absolute atomic E-state index is 0.151. The van der Waals surface area contributed by atoms with Crippen LogP contribution >= 0.6 is 12.2 Å². The first-order valence-electron chi connectivity index (χ1n) is 10.1. The highest BCUT2D eigenvalue weighted by Crippen LogP contribution is 2.29. The fourth-order valence-electron chi connectivity index (χ4n) is 3.55. The van der Waals surface area contributed by atoms with Crippen molar-refractivity contribution in [2.24, 2.45) is 17.8 Å². The number of thiocarbonyl (C=S) groups is 1. The molecule has 0 bridgehead atoms. The number of amides is 2. The molecule has 0 aromatic heterocycles. The van der Waals surface area contributed by atoms with Crippen LogP contribution in [0.3, 0.4) is 0 Å². The summed E-state index contributed by atoms with van der Waals surface area (Å²) in [6, 6.07) is 4.68. The topological polar surface area (TPSA) is 82.3 Å². The summed E-state index contributed by atoms with van der Waals surface area (Å²) in [5.41, 5.74) is 5.61. The SMILES string of the molecule is CC(C)[C@H](NC(=O)c1ccc(F)cc1)C(=O)NNC(=S)N[C@@H]1CCC[C@H](C)[C@H]1C. The van der Waals surface area contributed by atoms with Crippen molar-refractivity contribution in [2.75, 3.05) is 0 Å². The van der Waals surface area contributed by atoms with Crippen molar-refractivity contribution in [2.45, 2.75) is 59.0 Å². The molecule has 1 aromatic carbocycles. The molecule has 1 aliphatic carbocycles. The molecular weight excluding hydrogens is 391 g/mol. The van der Waals surface area contributed by atoms with Crippen molar-refractivity contribution in [3.05, 3.63) is 35.6 Å². The van der Waals surface area contributed by atoms with E-state index in [1.54, 1.807) is 0 Å². The van der Waals surface area contributed by atoms with E-state index in [4.69, 9.17) is 12.2 Å². The Hall–Kier alpha value is -2.22. The van der Waals surface area contributed by atoms with Crippen LogP contribution in [0.25, 0.3) is 0 Å². The summed E-state index contributed by atoms with van der Waals surface area (Å²) in [6.45, 7) is 8.12. The third kappa shape index (κ3) is 6.66. The molecule has 0 unspecified atom stereocenters. The maximum absolute atomic E-state index is 13.0. The van der Waals surface area contributed by atoms with Crippen LogP contribution in [0.4, 0.5) is 4.39 Å². The van der Waals surface area contributed by atoms with E-state index in [1.165, 1.54) is 30.7 Å². The minimum atomic E-state index is -0.767. The standard InChI is InChI=1S/C21H31FN4O2S/c1-12(2)18(24-19(27)15-8-10-16(22)11-9-15)20(28)25-26-21(29)23-17-7-5-6-13(3)14(17)4/h8-14,17-18H,5-7H2,1-4H3,(H,24,27)(H,25,28)(H2,23,26,29)/t13-,14+,17+,18-/m0/s1. The van der Waals surface area contributed by atoms with Crippen molar-refractivity contribution in [3.8, 4) is 0 Å². The van der Waals surface area contributed by atoms with Crippen molar-refractivity contribution in [1.82, 2.24) is 21.5 Å². The van der Waals surface area contributed by atoms with Gasteiger partial charge in [0.05, 0.1) is 0 Å². The Morgan fingerprint density at radius 1 is 1.10 bits per heavy atom. The van der Waals surface area contributed by atoms with Gasteiger partial charge in [0.15, 0.2) is 5.11 Å². The van der Waals surface area contributed by atoms with Crippen LogP contribution < -0.4 is 21.5 Å². The minimum Gasteiger partial charge on any atom is -0.358 e. The molecule has 4 atom stereocenters. The molecule has 8 heteroatoms. The molecule has 0 saturated heterocycles. The Kier molecular flexibility index (Phi) is 8.37. The number of carbonyl (C=O) groups is 2. The molecule has 1 aliphatic rings. The van der Waals surface area contributed by atoms with Crippen LogP contribution in [0, 0.1) is 23.6 Å². The quantitative estimate of drug-likeness (QED) is 0.433. The molecule has 1 aromatic rings. The van der Waals surface area contributed by atoms with Crippen molar-refractivity contribution < 1.29 is 14.0 Å². The molecule has 1 fully saturated rings. The first kappa shape index (κ1) is 23.1. The van der Waals surface area contributed by atoms with Crippen LogP contribution in [-0.2, 0) is 4.79 Å². The molecule has 2 amide bonds. The number of rotatable bonds is 5. The zero-order chi connectivity index (χ0) is 21.6. The fourth-order valence-corrected chi connectivity index (χ4v) is 3.75. The molecule has 0 heterocycles. The number of hydrogen-bond donors (Lipinski definition) is 4. The Labute approximate surface area is 177 Å². The second kappa shape index (κ2) is 10.5. The summed E-state index contributed by atoms with van der Waals surface area (Å²) in [6.07, 6.45) is 3.42. The van der Waals surface area contributed by atoms with Gasteiger partial charge in [-0.05, 0) is 60.7 Å². The lowest BCUT2D eigenvalue weighted by Crippen LogP contribution is -2.57. The number of benzene rings is 1. The third-order valence-electron chi connectivity index (χ3n) is 5.66. The predicted molar refractivity (Wildman–Crippen MR) is 115 cm³/mol. The van der Waals surface area contributed by atoms with Gasteiger partial charge in [0.2, 0.25) is 0 Å². The van der Waals surface area contributed by atoms with Gasteiger partial charge in [-0.15, -0.1) is 0 Å². The van der Waals surface area contributed by atoms with Crippen LogP contribution in [0.15, 0.2) is 24.3 Å². The van der Waals surface area contributed by atoms with Crippen LogP contribution in [0.5, 0.6) is 0 Å². The largest absolute Gasteiger partial charge is 0.358 e. The smallest absolute Gasteiger partial charge is 0.261 e. The molecule has 160 valence electrons. The molecular formula is C21H31FN4O2S. The second-order valence-electron chi connectivity index (χ2n) is 8.16. The number of nitrogens with one attached hydrogen (secondary N) is 4. The maximum Gasteiger partial charge on any atom is 0.261 e. The van der Waals surface area contributed by atoms with Gasteiger partial charge in [0.25, 0.3) is 11.8 Å². The summed E-state index contributed by atoms with van der Waals surface area (Å²) in [5.74, 6) is -0.286. The lowest BCUT2D eigenvalue weighted by Gasteiger charge is -2.35. The van der Waals surface area contributed by atoms with E-state index >= 15 is 0 Å². The van der Waals surface area contributed by atoms with Crippen molar-refractivity contribution >= 4 is 29.1 Å². The lowest BCUT2D eigenvalue weighted by molar-refractivity contribution is -0.124. The lowest BCUT2D eigenvalue weighted by atomic mass is 9.78. The third-order valence-corrected chi connectivity index (χ3v) is 5.88. The Balaban J connectivity index is 1.87. The van der Waals surface area contributed by atoms with Crippen LogP contribution in [0.2, 0.25) is 0 Å². The molecule has 0 aliphatic heterocycles. The summed E-state index contributed by atoms with van der Waals surface area (Å²) in [4.78, 5) is 25.0. The normalized spacial score (nSPS) is 22.5. The summed E-state index contributed by atoms with van der Waals surface area (Å²) in [7, 11) is 0. The summed E-state index contributed by atoms with van der Waals surface area (Å²) in [5, 5.41) is 6.33. The number of carbonyl (C=O) groups excluding carboxylic acids is 2. The zero-order valence-electron chi connectivity index (χ0n) is 17.4. The Morgan fingerprint density at radius 2 is 1.76 bits per heavy atom. The van der Waals surface area contributed by atoms with Crippen LogP contribution in [0.1, 0.15) is 57.3 Å². The van der Waals surface area contributed by atoms with Gasteiger partial charge in [-0.2, -0.15) is 0 Å². The first-order chi connectivity index (χ1) is 13.7. The van der Waals surface area contributed by atoms with Gasteiger partial charge in [0, 0.05) is 11.6 Å². The Morgan fingerprint density at radius 3 is 2.38 bits per heavy atom. The van der Waals surface area contributed by atoms with E-state index in [2.05, 4.69) is 35.3 Å². The molecule has 1 saturated carbocycles. The average Bonchev–Trinajstić information content (AvgIpc) is 2.68. The van der Waals surface area contributed by atoms with E-state index in [0.717, 1.165) is 12.8 Å². The monoisotopic (exact) mass is 422 g/mol. The highest BCUT2D eigenvalue weighted by atomic mass is 32.1. The van der Waals surface area contributed by atoms with E-state index < -0.39 is 23.7 Å². The van der Waals surface area contributed by atoms with E-state index in [0.29, 0.717) is 16.9 Å². The average molecular weight is 423 g/mol. The molecule has 0 spiro atoms. The van der Waals surface area contributed by atoms with Crippen LogP contribution in [-0.4, -0.2) is 29.0 Å². The number of hydrogen-bond acceptors (Lipinski definition) is 3. The Bertz CT molecular complexity index is 726. The fraction of sp³-hybridized carbons (Fsp3) is 0.571. The van der Waals surface area contributed by atoms with Gasteiger partial charge in [0.1, 0.15) is 11.9 Å². The van der Waals surface area contributed by atoms with Gasteiger partial charge in [-0.25, -0.2) is 4.39 Å². The van der Waals surface area contributed by atoms with Gasteiger partial charge in [-0.3, -0.25) is 20.4 Å². The molecule has 0 radical (unpaired) electrons. The number of hydrazine groups is 1. The van der Waals surface area contributed by atoms with E-state index in [-0.39, 0.29) is 17.5 Å². The predicted octanol–water partition coefficient (Wildman–Crippen LogP) is 2.90.